The summed E-state index contributed by atoms with van der Waals surface area (Å²) >= 11 is 3.47. The van der Waals surface area contributed by atoms with Crippen molar-refractivity contribution < 1.29 is 4.74 Å². The predicted molar refractivity (Wildman–Crippen MR) is 94.2 cm³/mol. The second kappa shape index (κ2) is 6.70. The van der Waals surface area contributed by atoms with E-state index in [0.29, 0.717) is 6.61 Å². The lowest BCUT2D eigenvalue weighted by Crippen LogP contribution is -2.39. The van der Waals surface area contributed by atoms with Crippen molar-refractivity contribution in [1.82, 2.24) is 20.2 Å². The van der Waals surface area contributed by atoms with E-state index in [2.05, 4.69) is 48.5 Å². The van der Waals surface area contributed by atoms with Gasteiger partial charge in [0.25, 0.3) is 5.95 Å². The Morgan fingerprint density at radius 2 is 1.83 bits per heavy atom. The number of nitrogens with zero attached hydrogens (tertiary/aromatic N) is 5. The van der Waals surface area contributed by atoms with Gasteiger partial charge in [-0.2, -0.15) is 4.68 Å². The largest absolute Gasteiger partial charge is 0.370 e. The number of ether oxygens (including phenoxy) is 1. The molecule has 2 heterocycles. The molecule has 3 aromatic rings. The van der Waals surface area contributed by atoms with E-state index in [0.717, 1.165) is 34.8 Å². The van der Waals surface area contributed by atoms with E-state index in [4.69, 9.17) is 4.74 Å². The number of aromatic nitrogens is 4. The third-order valence-electron chi connectivity index (χ3n) is 4.04. The maximum absolute atomic E-state index is 5.94. The van der Waals surface area contributed by atoms with Crippen LogP contribution in [0.1, 0.15) is 11.7 Å². The minimum Gasteiger partial charge on any atom is -0.370 e. The molecule has 4 rings (SSSR count). The summed E-state index contributed by atoms with van der Waals surface area (Å²) in [4.78, 5) is 2.17. The van der Waals surface area contributed by atoms with Gasteiger partial charge in [-0.25, -0.2) is 0 Å². The smallest absolute Gasteiger partial charge is 0.250 e. The van der Waals surface area contributed by atoms with Crippen LogP contribution in [0.4, 0.5) is 5.95 Å². The number of para-hydroxylation sites is 1. The van der Waals surface area contributed by atoms with Gasteiger partial charge in [-0.05, 0) is 40.3 Å². The summed E-state index contributed by atoms with van der Waals surface area (Å²) in [6.45, 7) is 2.12. The molecule has 0 aliphatic carbocycles. The molecule has 1 aliphatic rings. The van der Waals surface area contributed by atoms with Gasteiger partial charge in [0.2, 0.25) is 0 Å². The lowest BCUT2D eigenvalue weighted by atomic mass is 10.1. The van der Waals surface area contributed by atoms with Crippen molar-refractivity contribution in [2.45, 2.75) is 6.10 Å². The van der Waals surface area contributed by atoms with Gasteiger partial charge in [-0.1, -0.05) is 51.4 Å². The molecule has 1 unspecified atom stereocenters. The Kier molecular flexibility index (Phi) is 4.27. The molecule has 122 valence electrons. The van der Waals surface area contributed by atoms with Crippen molar-refractivity contribution in [2.24, 2.45) is 0 Å². The second-order valence-corrected chi connectivity index (χ2v) is 6.50. The topological polar surface area (TPSA) is 56.1 Å². The highest BCUT2D eigenvalue weighted by Crippen LogP contribution is 2.26. The summed E-state index contributed by atoms with van der Waals surface area (Å²) in [5.41, 5.74) is 2.10. The van der Waals surface area contributed by atoms with Gasteiger partial charge < -0.3 is 9.64 Å². The summed E-state index contributed by atoms with van der Waals surface area (Å²) < 4.78 is 8.77. The first-order valence-electron chi connectivity index (χ1n) is 7.77. The van der Waals surface area contributed by atoms with Crippen molar-refractivity contribution in [2.75, 3.05) is 24.6 Å². The van der Waals surface area contributed by atoms with Crippen LogP contribution in [0, 0.1) is 0 Å². The first-order valence-corrected chi connectivity index (χ1v) is 8.56. The lowest BCUT2D eigenvalue weighted by molar-refractivity contribution is 0.0391. The molecule has 0 radical (unpaired) electrons. The van der Waals surface area contributed by atoms with E-state index in [1.54, 1.807) is 4.68 Å². The highest BCUT2D eigenvalue weighted by atomic mass is 79.9. The van der Waals surface area contributed by atoms with E-state index >= 15 is 0 Å². The molecule has 0 N–H and O–H groups in total. The zero-order valence-electron chi connectivity index (χ0n) is 12.9. The molecule has 0 amide bonds. The number of rotatable bonds is 3. The third kappa shape index (κ3) is 3.05. The van der Waals surface area contributed by atoms with Crippen LogP contribution in [0.3, 0.4) is 0 Å². The summed E-state index contributed by atoms with van der Waals surface area (Å²) in [7, 11) is 0. The predicted octanol–water partition coefficient (Wildman–Crippen LogP) is 3.00. The quantitative estimate of drug-likeness (QED) is 0.693. The zero-order chi connectivity index (χ0) is 16.4. The highest BCUT2D eigenvalue weighted by molar-refractivity contribution is 9.10. The fourth-order valence-electron chi connectivity index (χ4n) is 2.83. The van der Waals surface area contributed by atoms with Crippen LogP contribution in [-0.2, 0) is 4.74 Å². The molecule has 1 aromatic heterocycles. The standard InChI is InChI=1S/C17H16BrN5O/c18-14-8-6-13(7-9-14)16-12-22(10-11-24-16)17-19-20-21-23(17)15-4-2-1-3-5-15/h1-9,16H,10-12H2. The van der Waals surface area contributed by atoms with Crippen LogP contribution < -0.4 is 4.90 Å². The SMILES string of the molecule is Brc1ccc(C2CN(c3nnnn3-c3ccccc3)CCO2)cc1. The van der Waals surface area contributed by atoms with Crippen LogP contribution >= 0.6 is 15.9 Å². The molecule has 0 bridgehead atoms. The summed E-state index contributed by atoms with van der Waals surface area (Å²) in [5, 5.41) is 12.2. The number of anilines is 1. The van der Waals surface area contributed by atoms with Crippen molar-refractivity contribution in [3.63, 3.8) is 0 Å². The Bertz CT molecular complexity index is 805. The Morgan fingerprint density at radius 3 is 2.62 bits per heavy atom. The molecule has 6 nitrogen and oxygen atoms in total. The average Bonchev–Trinajstić information content (AvgIpc) is 3.13. The normalized spacial score (nSPS) is 17.9. The molecule has 1 aliphatic heterocycles. The molecule has 1 atom stereocenters. The monoisotopic (exact) mass is 385 g/mol. The molecule has 24 heavy (non-hydrogen) atoms. The Hall–Kier alpha value is -2.25. The van der Waals surface area contributed by atoms with E-state index in [9.17, 15) is 0 Å². The van der Waals surface area contributed by atoms with Gasteiger partial charge in [0.05, 0.1) is 18.8 Å². The van der Waals surface area contributed by atoms with Crippen molar-refractivity contribution >= 4 is 21.9 Å². The van der Waals surface area contributed by atoms with Gasteiger partial charge in [0.15, 0.2) is 0 Å². The van der Waals surface area contributed by atoms with E-state index < -0.39 is 0 Å². The molecule has 0 spiro atoms. The molecule has 1 saturated heterocycles. The van der Waals surface area contributed by atoms with Crippen LogP contribution in [0.2, 0.25) is 0 Å². The van der Waals surface area contributed by atoms with Crippen molar-refractivity contribution in [3.8, 4) is 5.69 Å². The molecule has 1 fully saturated rings. The highest BCUT2D eigenvalue weighted by Gasteiger charge is 2.26. The maximum Gasteiger partial charge on any atom is 0.250 e. The van der Waals surface area contributed by atoms with Crippen molar-refractivity contribution in [1.29, 1.82) is 0 Å². The summed E-state index contributed by atoms with van der Waals surface area (Å²) in [6, 6.07) is 18.1. The van der Waals surface area contributed by atoms with Crippen LogP contribution in [0.5, 0.6) is 0 Å². The zero-order valence-corrected chi connectivity index (χ0v) is 14.5. The van der Waals surface area contributed by atoms with Gasteiger partial charge >= 0.3 is 0 Å². The first-order chi connectivity index (χ1) is 11.8. The van der Waals surface area contributed by atoms with Crippen LogP contribution in [-0.4, -0.2) is 39.9 Å². The Labute approximate surface area is 148 Å². The number of morpholine rings is 1. The fourth-order valence-corrected chi connectivity index (χ4v) is 3.09. The average molecular weight is 386 g/mol. The second-order valence-electron chi connectivity index (χ2n) is 5.58. The maximum atomic E-state index is 5.94. The fraction of sp³-hybridized carbons (Fsp3) is 0.235. The Balaban J connectivity index is 1.59. The van der Waals surface area contributed by atoms with Crippen LogP contribution in [0.15, 0.2) is 59.1 Å². The minimum atomic E-state index is 0.00720. The molecular formula is C17H16BrN5O. The molecular weight excluding hydrogens is 370 g/mol. The van der Waals surface area contributed by atoms with E-state index in [1.807, 2.05) is 42.5 Å². The van der Waals surface area contributed by atoms with Gasteiger partial charge in [-0.15, -0.1) is 0 Å². The van der Waals surface area contributed by atoms with Gasteiger partial charge in [0, 0.05) is 11.0 Å². The number of benzene rings is 2. The Morgan fingerprint density at radius 1 is 1.04 bits per heavy atom. The van der Waals surface area contributed by atoms with Gasteiger partial charge in [0.1, 0.15) is 6.10 Å². The number of hydrogen-bond acceptors (Lipinski definition) is 5. The van der Waals surface area contributed by atoms with Crippen molar-refractivity contribution in [3.05, 3.63) is 64.6 Å². The number of halogens is 1. The summed E-state index contributed by atoms with van der Waals surface area (Å²) in [6.07, 6.45) is 0.00720. The first kappa shape index (κ1) is 15.3. The lowest BCUT2D eigenvalue weighted by Gasteiger charge is -2.33. The van der Waals surface area contributed by atoms with E-state index in [1.165, 1.54) is 0 Å². The molecule has 0 saturated carbocycles. The van der Waals surface area contributed by atoms with Gasteiger partial charge in [-0.3, -0.25) is 0 Å². The molecule has 7 heteroatoms. The third-order valence-corrected chi connectivity index (χ3v) is 4.57. The molecule has 2 aromatic carbocycles. The van der Waals surface area contributed by atoms with E-state index in [-0.39, 0.29) is 6.10 Å². The summed E-state index contributed by atoms with van der Waals surface area (Å²) in [5.74, 6) is 0.742. The van der Waals surface area contributed by atoms with Crippen LogP contribution in [0.25, 0.3) is 5.69 Å². The number of tetrazole rings is 1. The minimum absolute atomic E-state index is 0.00720. The number of hydrogen-bond donors (Lipinski definition) is 0.